The summed E-state index contributed by atoms with van der Waals surface area (Å²) in [5.41, 5.74) is -1.44. The van der Waals surface area contributed by atoms with Crippen molar-refractivity contribution in [2.75, 3.05) is 0 Å². The van der Waals surface area contributed by atoms with Crippen molar-refractivity contribution in [2.24, 2.45) is 0 Å². The predicted octanol–water partition coefficient (Wildman–Crippen LogP) is 1.89. The Morgan fingerprint density at radius 2 is 1.55 bits per heavy atom. The van der Waals surface area contributed by atoms with Gasteiger partial charge in [0.15, 0.2) is 8.32 Å². The van der Waals surface area contributed by atoms with Crippen LogP contribution in [0.1, 0.15) is 6.92 Å². The molecule has 22 heavy (non-hydrogen) atoms. The maximum atomic E-state index is 12.1. The molecule has 0 amide bonds. The van der Waals surface area contributed by atoms with Crippen LogP contribution >= 0.6 is 0 Å². The molecule has 0 aromatic heterocycles. The number of esters is 1. The lowest BCUT2D eigenvalue weighted by Gasteiger charge is -2.34. The average Bonchev–Trinajstić information content (AvgIpc) is 2.19. The normalized spacial score (nSPS) is 17.1. The van der Waals surface area contributed by atoms with Gasteiger partial charge in [-0.1, -0.05) is 19.6 Å². The zero-order chi connectivity index (χ0) is 18.0. The van der Waals surface area contributed by atoms with Gasteiger partial charge in [-0.15, -0.1) is 0 Å². The van der Waals surface area contributed by atoms with Crippen molar-refractivity contribution in [2.45, 2.75) is 64.9 Å². The summed E-state index contributed by atoms with van der Waals surface area (Å²) in [5, 5.41) is 10.1. The van der Waals surface area contributed by atoms with Gasteiger partial charge in [0, 0.05) is 0 Å². The fourth-order valence-corrected chi connectivity index (χ4v) is 6.56. The van der Waals surface area contributed by atoms with Gasteiger partial charge in [-0.2, -0.15) is 0 Å². The van der Waals surface area contributed by atoms with E-state index in [1.54, 1.807) is 6.92 Å². The van der Waals surface area contributed by atoms with Gasteiger partial charge >= 0.3 is 5.97 Å². The van der Waals surface area contributed by atoms with Crippen molar-refractivity contribution in [3.8, 4) is 0 Å². The highest BCUT2D eigenvalue weighted by Gasteiger charge is 2.40. The Kier molecular flexibility index (Phi) is 7.07. The smallest absolute Gasteiger partial charge is 0.340 e. The molecule has 0 aromatic carbocycles. The van der Waals surface area contributed by atoms with Crippen LogP contribution in [-0.2, 0) is 18.4 Å². The van der Waals surface area contributed by atoms with E-state index in [1.165, 1.54) is 6.26 Å². The Labute approximate surface area is 140 Å². The highest BCUT2D eigenvalue weighted by Crippen LogP contribution is 2.21. The first-order valence-electron chi connectivity index (χ1n) is 7.47. The Morgan fingerprint density at radius 3 is 1.91 bits per heavy atom. The first-order valence-corrected chi connectivity index (χ1v) is 19.3. The Hall–Kier alpha value is -0.202. The van der Waals surface area contributed by atoms with Gasteiger partial charge in [-0.05, 0) is 39.7 Å². The molecule has 0 aliphatic heterocycles. The van der Waals surface area contributed by atoms with Crippen LogP contribution in [0, 0.1) is 0 Å². The van der Waals surface area contributed by atoms with E-state index < -0.39 is 35.3 Å². The predicted molar refractivity (Wildman–Crippen MR) is 101 cm³/mol. The third-order valence-electron chi connectivity index (χ3n) is 3.44. The SMILES string of the molecule is CC(=CO[Si](C)(C)[Si](C)(C)C)C(=O)OC(O)([SiH3])O[Si](C)(C)C. The van der Waals surface area contributed by atoms with Crippen LogP contribution < -0.4 is 0 Å². The Balaban J connectivity index is 4.84. The number of aliphatic hydroxyl groups is 1. The second-order valence-electron chi connectivity index (χ2n) is 8.18. The second-order valence-corrected chi connectivity index (χ2v) is 29.7. The molecule has 0 rings (SSSR count). The molecule has 0 saturated carbocycles. The van der Waals surface area contributed by atoms with Crippen LogP contribution in [0.3, 0.4) is 0 Å². The maximum absolute atomic E-state index is 12.1. The minimum absolute atomic E-state index is 0.183. The molecule has 0 heterocycles. The van der Waals surface area contributed by atoms with Crippen LogP contribution in [0.4, 0.5) is 0 Å². The van der Waals surface area contributed by atoms with E-state index in [0.717, 1.165) is 0 Å². The molecular formula is C13H32O5Si4. The lowest BCUT2D eigenvalue weighted by atomic mass is 10.3. The summed E-state index contributed by atoms with van der Waals surface area (Å²) in [6.45, 7) is 18.5. The lowest BCUT2D eigenvalue weighted by Crippen LogP contribution is -2.53. The van der Waals surface area contributed by atoms with Gasteiger partial charge in [-0.3, -0.25) is 0 Å². The van der Waals surface area contributed by atoms with Crippen LogP contribution in [0.2, 0.25) is 52.4 Å². The molecule has 1 atom stereocenters. The van der Waals surface area contributed by atoms with Gasteiger partial charge < -0.3 is 18.7 Å². The summed E-state index contributed by atoms with van der Waals surface area (Å²) in [5.74, 6) is -0.601. The molecule has 0 aliphatic rings. The molecule has 5 nitrogen and oxygen atoms in total. The van der Waals surface area contributed by atoms with E-state index in [4.69, 9.17) is 13.6 Å². The van der Waals surface area contributed by atoms with E-state index in [2.05, 4.69) is 32.7 Å². The summed E-state index contributed by atoms with van der Waals surface area (Å²) in [4.78, 5) is 12.1. The molecule has 9 heteroatoms. The van der Waals surface area contributed by atoms with Crippen LogP contribution in [0.25, 0.3) is 0 Å². The molecule has 130 valence electrons. The number of rotatable bonds is 7. The maximum Gasteiger partial charge on any atom is 0.340 e. The molecule has 0 radical (unpaired) electrons. The highest BCUT2D eigenvalue weighted by molar-refractivity contribution is 7.37. The van der Waals surface area contributed by atoms with E-state index in [0.29, 0.717) is 5.57 Å². The highest BCUT2D eigenvalue weighted by atomic mass is 29.3. The third-order valence-corrected chi connectivity index (χ3v) is 20.8. The van der Waals surface area contributed by atoms with Crippen molar-refractivity contribution in [3.63, 3.8) is 0 Å². The summed E-state index contributed by atoms with van der Waals surface area (Å²) in [6, 6.07) is 0. The molecule has 0 spiro atoms. The molecule has 0 aromatic rings. The molecule has 1 unspecified atom stereocenters. The summed E-state index contributed by atoms with van der Waals surface area (Å²) in [7, 11) is -5.06. The van der Waals surface area contributed by atoms with Crippen molar-refractivity contribution >= 4 is 40.0 Å². The summed E-state index contributed by atoms with van der Waals surface area (Å²) in [6.07, 6.45) is 1.49. The van der Waals surface area contributed by atoms with Crippen molar-refractivity contribution in [1.29, 1.82) is 0 Å². The zero-order valence-corrected chi connectivity index (χ0v) is 20.7. The largest absolute Gasteiger partial charge is 0.552 e. The van der Waals surface area contributed by atoms with E-state index in [9.17, 15) is 9.90 Å². The van der Waals surface area contributed by atoms with Crippen LogP contribution in [-0.4, -0.2) is 50.7 Å². The van der Waals surface area contributed by atoms with E-state index in [1.807, 2.05) is 19.6 Å². The molecular weight excluding hydrogens is 348 g/mol. The average molecular weight is 381 g/mol. The Bertz CT molecular complexity index is 433. The zero-order valence-electron chi connectivity index (χ0n) is 15.7. The summed E-state index contributed by atoms with van der Waals surface area (Å²) >= 11 is 0. The molecule has 1 N–H and O–H groups in total. The monoisotopic (exact) mass is 380 g/mol. The number of carbonyl (C=O) groups excluding carboxylic acids is 1. The topological polar surface area (TPSA) is 65.0 Å². The molecule has 0 saturated heterocycles. The number of ether oxygens (including phenoxy) is 1. The quantitative estimate of drug-likeness (QED) is 0.240. The minimum atomic E-state index is -2.00. The summed E-state index contributed by atoms with van der Waals surface area (Å²) < 4.78 is 16.5. The second kappa shape index (κ2) is 7.14. The molecule has 0 aliphatic carbocycles. The van der Waals surface area contributed by atoms with Crippen molar-refractivity contribution in [1.82, 2.24) is 0 Å². The third kappa shape index (κ3) is 7.88. The van der Waals surface area contributed by atoms with Crippen LogP contribution in [0.5, 0.6) is 0 Å². The van der Waals surface area contributed by atoms with Gasteiger partial charge in [0.2, 0.25) is 7.83 Å². The standard InChI is InChI=1S/C13H32O5Si4/c1-11(10-16-22(8,9)21(5,6)7)12(14)17-13(15,19)18-20(2,3)4/h10,15H,1-9,19H3. The van der Waals surface area contributed by atoms with Crippen molar-refractivity contribution < 1.29 is 23.5 Å². The fourth-order valence-electron chi connectivity index (χ4n) is 1.30. The van der Waals surface area contributed by atoms with Gasteiger partial charge in [-0.25, -0.2) is 4.79 Å². The lowest BCUT2D eigenvalue weighted by molar-refractivity contribution is -0.248. The molecule has 0 bridgehead atoms. The number of hydrogen-bond donors (Lipinski definition) is 1. The number of hydrogen-bond acceptors (Lipinski definition) is 5. The van der Waals surface area contributed by atoms with Gasteiger partial charge in [0.25, 0.3) is 5.60 Å². The fraction of sp³-hybridized carbons (Fsp3) is 0.769. The van der Waals surface area contributed by atoms with Crippen LogP contribution in [0.15, 0.2) is 11.8 Å². The van der Waals surface area contributed by atoms with E-state index >= 15 is 0 Å². The first-order chi connectivity index (χ1) is 9.47. The number of carbonyl (C=O) groups is 1. The van der Waals surface area contributed by atoms with Crippen molar-refractivity contribution in [3.05, 3.63) is 11.8 Å². The van der Waals surface area contributed by atoms with Gasteiger partial charge in [0.1, 0.15) is 10.2 Å². The first kappa shape index (κ1) is 21.8. The van der Waals surface area contributed by atoms with E-state index in [-0.39, 0.29) is 10.2 Å². The minimum Gasteiger partial charge on any atom is -0.552 e. The van der Waals surface area contributed by atoms with Gasteiger partial charge in [0.05, 0.1) is 19.4 Å². The molecule has 0 fully saturated rings. The Morgan fingerprint density at radius 1 is 1.09 bits per heavy atom.